The molecule has 7 aromatic rings. The Morgan fingerprint density at radius 3 is 1.86 bits per heavy atom. The summed E-state index contributed by atoms with van der Waals surface area (Å²) in [5, 5.41) is 14.3. The van der Waals surface area contributed by atoms with Gasteiger partial charge in [0.15, 0.2) is 0 Å². The van der Waals surface area contributed by atoms with Crippen molar-refractivity contribution in [3.05, 3.63) is 239 Å². The van der Waals surface area contributed by atoms with Crippen molar-refractivity contribution in [2.24, 2.45) is 10.9 Å². The summed E-state index contributed by atoms with van der Waals surface area (Å²) in [6.07, 6.45) is 7.34. The number of hydrogen-bond donors (Lipinski definition) is 1. The highest BCUT2D eigenvalue weighted by Crippen LogP contribution is 2.63. The van der Waals surface area contributed by atoms with E-state index in [1.807, 2.05) is 24.3 Å². The lowest BCUT2D eigenvalue weighted by atomic mass is 9.64. The van der Waals surface area contributed by atoms with E-state index >= 15 is 0 Å². The summed E-state index contributed by atoms with van der Waals surface area (Å²) in [4.78, 5) is 5.23. The molecule has 2 atom stereocenters. The first-order chi connectivity index (χ1) is 28.7. The molecule has 7 aromatic carbocycles. The van der Waals surface area contributed by atoms with Crippen molar-refractivity contribution >= 4 is 17.1 Å². The van der Waals surface area contributed by atoms with Gasteiger partial charge in [-0.3, -0.25) is 4.99 Å². The van der Waals surface area contributed by atoms with Gasteiger partial charge >= 0.3 is 0 Å². The van der Waals surface area contributed by atoms with Crippen LogP contribution in [0.4, 0.5) is 0 Å². The third kappa shape index (κ3) is 5.32. The van der Waals surface area contributed by atoms with Gasteiger partial charge in [-0.05, 0) is 98.5 Å². The fourth-order valence-electron chi connectivity index (χ4n) is 9.50. The summed E-state index contributed by atoms with van der Waals surface area (Å²) < 4.78 is 6.53. The van der Waals surface area contributed by atoms with Crippen molar-refractivity contribution < 1.29 is 4.74 Å². The van der Waals surface area contributed by atoms with Crippen LogP contribution in [0.1, 0.15) is 51.4 Å². The molecule has 2 unspecified atom stereocenters. The lowest BCUT2D eigenvalue weighted by Crippen LogP contribution is -2.33. The molecule has 274 valence electrons. The van der Waals surface area contributed by atoms with Crippen LogP contribution in [0, 0.1) is 17.2 Å². The maximum atomic E-state index is 10.6. The number of nitrogens with zero attached hydrogens (tertiary/aromatic N) is 2. The topological polar surface area (TPSA) is 57.4 Å². The van der Waals surface area contributed by atoms with Crippen molar-refractivity contribution in [2.75, 3.05) is 0 Å². The molecule has 11 rings (SSSR count). The summed E-state index contributed by atoms with van der Waals surface area (Å²) >= 11 is 0. The molecule has 0 fully saturated rings. The number of hydrogen-bond acceptors (Lipinski definition) is 4. The molecule has 0 saturated carbocycles. The summed E-state index contributed by atoms with van der Waals surface area (Å²) in [6, 6.07) is 64.5. The van der Waals surface area contributed by atoms with Gasteiger partial charge < -0.3 is 10.1 Å². The normalized spacial score (nSPS) is 18.1. The molecule has 0 aromatic heterocycles. The van der Waals surface area contributed by atoms with Gasteiger partial charge in [0.25, 0.3) is 0 Å². The van der Waals surface area contributed by atoms with Crippen LogP contribution in [0.15, 0.2) is 205 Å². The van der Waals surface area contributed by atoms with Gasteiger partial charge in [0, 0.05) is 22.4 Å². The zero-order valence-corrected chi connectivity index (χ0v) is 31.6. The number of amidine groups is 1. The number of nitriles is 1. The van der Waals surface area contributed by atoms with Gasteiger partial charge in [0.2, 0.25) is 0 Å². The molecule has 1 N–H and O–H groups in total. The fraction of sp³-hybridized carbons (Fsp3) is 0.0741. The molecular weight excluding hydrogens is 707 g/mol. The number of para-hydroxylation sites is 2. The number of nitrogens with one attached hydrogen (secondary N) is 1. The van der Waals surface area contributed by atoms with Crippen LogP contribution in [-0.4, -0.2) is 5.84 Å². The molecule has 2 aliphatic carbocycles. The third-order valence-electron chi connectivity index (χ3n) is 12.1. The maximum Gasteiger partial charge on any atom is 0.133 e. The van der Waals surface area contributed by atoms with E-state index in [9.17, 15) is 5.26 Å². The average molecular weight is 744 g/mol. The van der Waals surface area contributed by atoms with Gasteiger partial charge in [0.05, 0.1) is 23.4 Å². The molecular formula is C54H37N3O. The number of ether oxygens (including phenoxy) is 1. The van der Waals surface area contributed by atoms with Gasteiger partial charge in [-0.2, -0.15) is 5.26 Å². The first kappa shape index (κ1) is 33.8. The molecule has 2 aliphatic heterocycles. The van der Waals surface area contributed by atoms with Crippen molar-refractivity contribution in [3.63, 3.8) is 0 Å². The second kappa shape index (κ2) is 13.6. The molecule has 0 bridgehead atoms. The lowest BCUT2D eigenvalue weighted by molar-refractivity contribution is 0.435. The monoisotopic (exact) mass is 743 g/mol. The Balaban J connectivity index is 1.000. The summed E-state index contributed by atoms with van der Waals surface area (Å²) in [7, 11) is 0. The number of allylic oxidation sites excluding steroid dienone is 4. The van der Waals surface area contributed by atoms with E-state index in [0.717, 1.165) is 84.2 Å². The van der Waals surface area contributed by atoms with Crippen molar-refractivity contribution in [1.82, 2.24) is 5.32 Å². The number of benzene rings is 7. The highest BCUT2D eigenvalue weighted by molar-refractivity contribution is 6.05. The third-order valence-corrected chi connectivity index (χ3v) is 12.1. The highest BCUT2D eigenvalue weighted by Gasteiger charge is 2.53. The van der Waals surface area contributed by atoms with Gasteiger partial charge in [-0.25, -0.2) is 0 Å². The predicted molar refractivity (Wildman–Crippen MR) is 233 cm³/mol. The van der Waals surface area contributed by atoms with Crippen LogP contribution in [0.5, 0.6) is 11.5 Å². The van der Waals surface area contributed by atoms with E-state index in [0.29, 0.717) is 6.42 Å². The quantitative estimate of drug-likeness (QED) is 0.191. The van der Waals surface area contributed by atoms with Crippen LogP contribution < -0.4 is 10.1 Å². The minimum atomic E-state index is -0.589. The van der Waals surface area contributed by atoms with E-state index in [2.05, 4.69) is 181 Å². The van der Waals surface area contributed by atoms with Gasteiger partial charge in [-0.1, -0.05) is 158 Å². The predicted octanol–water partition coefficient (Wildman–Crippen LogP) is 12.5. The lowest BCUT2D eigenvalue weighted by Gasteiger charge is -2.40. The second-order valence-corrected chi connectivity index (χ2v) is 15.3. The van der Waals surface area contributed by atoms with Crippen molar-refractivity contribution in [3.8, 4) is 39.8 Å². The average Bonchev–Trinajstić information content (AvgIpc) is 3.59. The zero-order chi connectivity index (χ0) is 38.6. The van der Waals surface area contributed by atoms with E-state index in [4.69, 9.17) is 9.73 Å². The number of aliphatic imine (C=N–C) groups is 1. The minimum absolute atomic E-state index is 0.113. The number of rotatable bonds is 5. The number of fused-ring (bicyclic) bond motifs is 8. The van der Waals surface area contributed by atoms with E-state index in [1.165, 1.54) is 11.1 Å². The summed E-state index contributed by atoms with van der Waals surface area (Å²) in [6.45, 7) is 0. The molecule has 58 heavy (non-hydrogen) atoms. The van der Waals surface area contributed by atoms with Crippen LogP contribution in [0.2, 0.25) is 0 Å². The van der Waals surface area contributed by atoms with Crippen LogP contribution in [-0.2, 0) is 5.41 Å². The molecule has 0 saturated heterocycles. The fourth-order valence-corrected chi connectivity index (χ4v) is 9.50. The maximum absolute atomic E-state index is 10.6. The molecule has 0 amide bonds. The molecule has 0 radical (unpaired) electrons. The molecule has 4 nitrogen and oxygen atoms in total. The first-order valence-corrected chi connectivity index (χ1v) is 19.9. The van der Waals surface area contributed by atoms with Gasteiger partial charge in [-0.15, -0.1) is 0 Å². The Morgan fingerprint density at radius 2 is 1.17 bits per heavy atom. The van der Waals surface area contributed by atoms with Crippen molar-refractivity contribution in [1.29, 1.82) is 5.26 Å². The highest BCUT2D eigenvalue weighted by atomic mass is 16.5. The van der Waals surface area contributed by atoms with Gasteiger partial charge in [0.1, 0.15) is 17.3 Å². The Bertz CT molecular complexity index is 2900. The Kier molecular flexibility index (Phi) is 7.94. The Labute approximate surface area is 338 Å². The largest absolute Gasteiger partial charge is 0.457 e. The molecule has 1 spiro atoms. The zero-order valence-electron chi connectivity index (χ0n) is 31.6. The summed E-state index contributed by atoms with van der Waals surface area (Å²) in [5.41, 5.74) is 15.1. The second-order valence-electron chi connectivity index (χ2n) is 15.3. The summed E-state index contributed by atoms with van der Waals surface area (Å²) in [5.74, 6) is 2.30. The molecule has 4 aliphatic rings. The Hall–Kier alpha value is -7.48. The minimum Gasteiger partial charge on any atom is -0.457 e. The first-order valence-electron chi connectivity index (χ1n) is 19.9. The SMILES string of the molecule is N#CC1CC=CC2=C1c1cc(-c3cccc(-c4cccc(C5=NC(c6ccccc6)C=C(c6ccccc6)N5)c4)c3)ccc1C21c2ccccc2Oc2ccccc21. The van der Waals surface area contributed by atoms with Crippen molar-refractivity contribution in [2.45, 2.75) is 17.9 Å². The van der Waals surface area contributed by atoms with Crippen LogP contribution in [0.3, 0.4) is 0 Å². The standard InChI is InChI=1S/C54H37N3O/c55-34-42-22-13-25-47-52(42)43-32-40(28-29-44(43)54(47)45-23-7-9-26-50(45)58-51-27-10-8-24-46(51)54)38-19-11-18-37(30-38)39-20-12-21-41(31-39)53-56-48(35-14-3-1-4-15-35)33-49(57-53)36-16-5-2-6-17-36/h1-21,23-33,42,48H,22H2,(H,56,57). The van der Waals surface area contributed by atoms with Crippen LogP contribution in [0.25, 0.3) is 33.5 Å². The smallest absolute Gasteiger partial charge is 0.133 e. The Morgan fingerprint density at radius 1 is 0.586 bits per heavy atom. The molecule has 4 heteroatoms. The van der Waals surface area contributed by atoms with Crippen LogP contribution >= 0.6 is 0 Å². The van der Waals surface area contributed by atoms with E-state index in [-0.39, 0.29) is 12.0 Å². The van der Waals surface area contributed by atoms with E-state index in [1.54, 1.807) is 0 Å². The molecule has 2 heterocycles. The van der Waals surface area contributed by atoms with E-state index < -0.39 is 5.41 Å².